The number of β-amino-alcohol motifs (C(OH)–C–C–N with tert-alkyl or cyclic N) is 1. The van der Waals surface area contributed by atoms with Gasteiger partial charge in [-0.2, -0.15) is 0 Å². The Morgan fingerprint density at radius 3 is 2.57 bits per heavy atom. The van der Waals surface area contributed by atoms with Gasteiger partial charge in [-0.3, -0.25) is 9.69 Å². The van der Waals surface area contributed by atoms with E-state index in [2.05, 4.69) is 11.9 Å². The van der Waals surface area contributed by atoms with E-state index >= 15 is 0 Å². The smallest absolute Gasteiger partial charge is 0.325 e. The summed E-state index contributed by atoms with van der Waals surface area (Å²) in [6.45, 7) is 3.69. The molecule has 2 N–H and O–H groups in total. The van der Waals surface area contributed by atoms with Crippen molar-refractivity contribution in [2.75, 3.05) is 13.2 Å². The normalized spacial score (nSPS) is 20.4. The van der Waals surface area contributed by atoms with Gasteiger partial charge in [-0.05, 0) is 30.9 Å². The Hall–Kier alpha value is -2.34. The van der Waals surface area contributed by atoms with Crippen LogP contribution in [-0.2, 0) is 11.2 Å². The maximum atomic E-state index is 13.0. The molecule has 1 spiro atoms. The topological polar surface area (TPSA) is 78.9 Å². The van der Waals surface area contributed by atoms with Crippen molar-refractivity contribution < 1.29 is 19.4 Å². The number of allylic oxidation sites excluding steroid dienone is 1. The number of nitrogens with one attached hydrogen (secondary N) is 1. The zero-order valence-electron chi connectivity index (χ0n) is 16.4. The molecule has 3 rings (SSSR count). The zero-order valence-corrected chi connectivity index (χ0v) is 16.4. The summed E-state index contributed by atoms with van der Waals surface area (Å²) < 4.78 is 5.74. The van der Waals surface area contributed by atoms with Crippen molar-refractivity contribution in [1.29, 1.82) is 0 Å². The van der Waals surface area contributed by atoms with Crippen molar-refractivity contribution in [3.63, 3.8) is 0 Å². The lowest BCUT2D eigenvalue weighted by molar-refractivity contribution is -0.133. The van der Waals surface area contributed by atoms with Gasteiger partial charge in [-0.15, -0.1) is 6.58 Å². The number of rotatable bonds is 7. The average molecular weight is 386 g/mol. The molecule has 1 saturated carbocycles. The minimum absolute atomic E-state index is 0.0121. The third kappa shape index (κ3) is 4.55. The number of hydrogen-bond donors (Lipinski definition) is 2. The number of nitrogens with zero attached hydrogens (tertiary/aromatic N) is 1. The average Bonchev–Trinajstić information content (AvgIpc) is 2.89. The first-order valence-corrected chi connectivity index (χ1v) is 10.2. The second-order valence-electron chi connectivity index (χ2n) is 7.76. The minimum atomic E-state index is -0.949. The van der Waals surface area contributed by atoms with Crippen molar-refractivity contribution in [3.05, 3.63) is 42.5 Å². The molecule has 1 aliphatic heterocycles. The number of aliphatic hydroxyl groups excluding tert-OH is 1. The highest BCUT2D eigenvalue weighted by Crippen LogP contribution is 2.32. The Labute approximate surface area is 166 Å². The van der Waals surface area contributed by atoms with E-state index in [0.717, 1.165) is 36.1 Å². The van der Waals surface area contributed by atoms with Crippen molar-refractivity contribution >= 4 is 11.9 Å². The van der Waals surface area contributed by atoms with E-state index in [-0.39, 0.29) is 19.1 Å². The number of urea groups is 1. The first-order valence-electron chi connectivity index (χ1n) is 10.2. The third-order valence-electron chi connectivity index (χ3n) is 5.61. The van der Waals surface area contributed by atoms with Crippen LogP contribution in [-0.4, -0.2) is 46.7 Å². The maximum Gasteiger partial charge on any atom is 0.325 e. The van der Waals surface area contributed by atoms with Crippen LogP contribution in [0.15, 0.2) is 36.9 Å². The number of ether oxygens (including phenoxy) is 1. The second-order valence-corrected chi connectivity index (χ2v) is 7.76. The predicted molar refractivity (Wildman–Crippen MR) is 107 cm³/mol. The van der Waals surface area contributed by atoms with Gasteiger partial charge in [0.25, 0.3) is 5.91 Å². The Bertz CT molecular complexity index is 710. The number of hydrogen-bond acceptors (Lipinski definition) is 4. The Morgan fingerprint density at radius 1 is 1.18 bits per heavy atom. The van der Waals surface area contributed by atoms with Crippen LogP contribution in [0.3, 0.4) is 0 Å². The summed E-state index contributed by atoms with van der Waals surface area (Å²) in [6.07, 6.45) is 8.10. The Morgan fingerprint density at radius 2 is 1.86 bits per heavy atom. The van der Waals surface area contributed by atoms with Gasteiger partial charge in [0, 0.05) is 0 Å². The summed E-state index contributed by atoms with van der Waals surface area (Å²) in [5.74, 6) is 0.473. The molecule has 2 aliphatic rings. The standard InChI is InChI=1S/C22H30N2O4/c1-2-10-17-11-6-7-12-19(17)28-16-18(25)15-24-20(26)22(23-21(24)27)13-8-4-3-5-9-14-22/h2,6-7,11-12,18,25H,1,3-5,8-10,13-16H2,(H,23,27). The fourth-order valence-electron chi connectivity index (χ4n) is 4.11. The summed E-state index contributed by atoms with van der Waals surface area (Å²) >= 11 is 0. The van der Waals surface area contributed by atoms with Crippen LogP contribution >= 0.6 is 0 Å². The molecule has 3 amide bonds. The second kappa shape index (κ2) is 9.24. The van der Waals surface area contributed by atoms with Crippen molar-refractivity contribution in [2.24, 2.45) is 0 Å². The molecule has 1 saturated heterocycles. The quantitative estimate of drug-likeness (QED) is 0.557. The van der Waals surface area contributed by atoms with Crippen LogP contribution in [0, 0.1) is 0 Å². The van der Waals surface area contributed by atoms with Crippen LogP contribution < -0.4 is 10.1 Å². The highest BCUT2D eigenvalue weighted by Gasteiger charge is 2.50. The highest BCUT2D eigenvalue weighted by molar-refractivity contribution is 6.07. The molecule has 1 heterocycles. The monoisotopic (exact) mass is 386 g/mol. The van der Waals surface area contributed by atoms with E-state index in [1.807, 2.05) is 24.3 Å². The summed E-state index contributed by atoms with van der Waals surface area (Å²) in [5, 5.41) is 13.3. The molecular weight excluding hydrogens is 356 g/mol. The van der Waals surface area contributed by atoms with E-state index in [0.29, 0.717) is 25.0 Å². The van der Waals surface area contributed by atoms with Gasteiger partial charge in [-0.25, -0.2) is 4.79 Å². The zero-order chi connectivity index (χ0) is 20.0. The van der Waals surface area contributed by atoms with Gasteiger partial charge in [0.15, 0.2) is 0 Å². The molecule has 1 aromatic carbocycles. The largest absolute Gasteiger partial charge is 0.491 e. The molecular formula is C22H30N2O4. The number of carbonyl (C=O) groups excluding carboxylic acids is 2. The SMILES string of the molecule is C=CCc1ccccc1OCC(O)CN1C(=O)NC2(CCCCCCC2)C1=O. The molecule has 0 bridgehead atoms. The molecule has 0 radical (unpaired) electrons. The van der Waals surface area contributed by atoms with Crippen LogP contribution in [0.25, 0.3) is 0 Å². The van der Waals surface area contributed by atoms with Crippen molar-refractivity contribution in [2.45, 2.75) is 63.0 Å². The lowest BCUT2D eigenvalue weighted by Crippen LogP contribution is -2.48. The van der Waals surface area contributed by atoms with Crippen LogP contribution in [0.2, 0.25) is 0 Å². The van der Waals surface area contributed by atoms with E-state index < -0.39 is 17.7 Å². The minimum Gasteiger partial charge on any atom is -0.491 e. The van der Waals surface area contributed by atoms with Gasteiger partial charge in [0.05, 0.1) is 6.54 Å². The number of benzene rings is 1. The van der Waals surface area contributed by atoms with Gasteiger partial charge < -0.3 is 15.2 Å². The lowest BCUT2D eigenvalue weighted by Gasteiger charge is -2.28. The first-order chi connectivity index (χ1) is 13.6. The number of imide groups is 1. The molecule has 2 fully saturated rings. The Kier molecular flexibility index (Phi) is 6.73. The van der Waals surface area contributed by atoms with E-state index in [4.69, 9.17) is 4.74 Å². The van der Waals surface area contributed by atoms with Crippen LogP contribution in [0.4, 0.5) is 4.79 Å². The summed E-state index contributed by atoms with van der Waals surface area (Å²) in [6, 6.07) is 7.16. The number of amides is 3. The lowest BCUT2D eigenvalue weighted by atomic mass is 9.84. The molecule has 0 aromatic heterocycles. The fraction of sp³-hybridized carbons (Fsp3) is 0.545. The molecule has 6 nitrogen and oxygen atoms in total. The number of para-hydroxylation sites is 1. The molecule has 152 valence electrons. The van der Waals surface area contributed by atoms with Gasteiger partial charge in [0.2, 0.25) is 0 Å². The van der Waals surface area contributed by atoms with E-state index in [1.165, 1.54) is 6.42 Å². The molecule has 1 atom stereocenters. The van der Waals surface area contributed by atoms with Crippen molar-refractivity contribution in [1.82, 2.24) is 10.2 Å². The number of carbonyl (C=O) groups is 2. The molecule has 6 heteroatoms. The fourth-order valence-corrected chi connectivity index (χ4v) is 4.11. The van der Waals surface area contributed by atoms with Gasteiger partial charge >= 0.3 is 6.03 Å². The first kappa shape index (κ1) is 20.4. The van der Waals surface area contributed by atoms with Gasteiger partial charge in [0.1, 0.15) is 24.0 Å². The summed E-state index contributed by atoms with van der Waals surface area (Å²) in [4.78, 5) is 26.6. The molecule has 1 aliphatic carbocycles. The number of aliphatic hydroxyl groups is 1. The summed E-state index contributed by atoms with van der Waals surface area (Å²) in [5.41, 5.74) is 0.197. The third-order valence-corrected chi connectivity index (χ3v) is 5.61. The van der Waals surface area contributed by atoms with Crippen LogP contribution in [0.5, 0.6) is 5.75 Å². The summed E-state index contributed by atoms with van der Waals surface area (Å²) in [7, 11) is 0. The predicted octanol–water partition coefficient (Wildman–Crippen LogP) is 3.19. The van der Waals surface area contributed by atoms with Crippen molar-refractivity contribution in [3.8, 4) is 5.75 Å². The molecule has 28 heavy (non-hydrogen) atoms. The maximum absolute atomic E-state index is 13.0. The van der Waals surface area contributed by atoms with E-state index in [9.17, 15) is 14.7 Å². The molecule has 1 unspecified atom stereocenters. The van der Waals surface area contributed by atoms with E-state index in [1.54, 1.807) is 6.08 Å². The van der Waals surface area contributed by atoms with Gasteiger partial charge in [-0.1, -0.05) is 56.4 Å². The molecule has 1 aromatic rings. The van der Waals surface area contributed by atoms with Crippen LogP contribution in [0.1, 0.15) is 50.5 Å². The highest BCUT2D eigenvalue weighted by atomic mass is 16.5. The Balaban J connectivity index is 1.59.